The van der Waals surface area contributed by atoms with E-state index >= 15 is 0 Å². The second kappa shape index (κ2) is 8.00. The number of hydrogen-bond acceptors (Lipinski definition) is 6. The second-order valence-electron chi connectivity index (χ2n) is 8.95. The fourth-order valence-electron chi connectivity index (χ4n) is 4.49. The van der Waals surface area contributed by atoms with Crippen LogP contribution in [-0.2, 0) is 15.9 Å². The maximum absolute atomic E-state index is 13.4. The number of nitrogens with zero attached hydrogens (tertiary/aromatic N) is 4. The van der Waals surface area contributed by atoms with Gasteiger partial charge in [-0.3, -0.25) is 9.88 Å². The number of rotatable bonds is 6. The third-order valence-electron chi connectivity index (χ3n) is 6.47. The van der Waals surface area contributed by atoms with Crippen molar-refractivity contribution in [3.8, 4) is 5.88 Å². The molecule has 0 N–H and O–H groups in total. The highest BCUT2D eigenvalue weighted by atomic mass is 32.2. The molecule has 2 aromatic rings. The lowest BCUT2D eigenvalue weighted by Gasteiger charge is -2.36. The number of aromatic nitrogens is 2. The smallest absolute Gasteiger partial charge is 0.270 e. The van der Waals surface area contributed by atoms with Gasteiger partial charge in [0.15, 0.2) is 0 Å². The molecule has 10 heteroatoms. The normalized spacial score (nSPS) is 25.0. The molecule has 0 spiro atoms. The van der Waals surface area contributed by atoms with E-state index in [9.17, 15) is 17.2 Å². The molecule has 172 valence electrons. The lowest BCUT2D eigenvalue weighted by atomic mass is 10.1. The number of piperazine rings is 1. The van der Waals surface area contributed by atoms with Crippen LogP contribution in [0.4, 0.5) is 8.78 Å². The molecule has 0 bridgehead atoms. The Kier molecular flexibility index (Phi) is 5.42. The summed E-state index contributed by atoms with van der Waals surface area (Å²) in [5.41, 5.74) is 0.808. The number of halogens is 2. The Balaban J connectivity index is 1.22. The molecule has 7 nitrogen and oxygen atoms in total. The summed E-state index contributed by atoms with van der Waals surface area (Å²) in [5.74, 6) is -1.97. The molecule has 5 rings (SSSR count). The maximum Gasteiger partial charge on any atom is 0.270 e. The Bertz CT molecular complexity index is 1070. The molecule has 0 radical (unpaired) electrons. The lowest BCUT2D eigenvalue weighted by Crippen LogP contribution is -2.51. The Morgan fingerprint density at radius 3 is 2.44 bits per heavy atom. The van der Waals surface area contributed by atoms with Gasteiger partial charge in [-0.1, -0.05) is 12.1 Å². The summed E-state index contributed by atoms with van der Waals surface area (Å²) in [5, 5.41) is 0. The fraction of sp³-hybridized carbons (Fsp3) is 0.545. The number of sulfonamides is 1. The molecular weight excluding hydrogens is 438 g/mol. The molecular formula is C22H26F2N4O3S. The summed E-state index contributed by atoms with van der Waals surface area (Å²) in [6.45, 7) is 2.81. The van der Waals surface area contributed by atoms with Crippen molar-refractivity contribution in [1.82, 2.24) is 19.2 Å². The molecule has 2 atom stereocenters. The summed E-state index contributed by atoms with van der Waals surface area (Å²) in [4.78, 5) is 11.1. The van der Waals surface area contributed by atoms with Gasteiger partial charge in [-0.15, -0.1) is 0 Å². The standard InChI is InChI=1S/C22H26F2N4O3S/c1-22(23,24)16-4-6-19(7-5-16)32(29,30)28-9-8-27-14-18(10-17(27)13-28)31-21-12-25-20(11-26-21)15-2-3-15/h4-7,11-12,15,17-18H,2-3,8-10,13-14H2,1H3/t17-,18+/m0/s1. The van der Waals surface area contributed by atoms with E-state index in [0.717, 1.165) is 12.6 Å². The molecule has 3 aliphatic rings. The predicted octanol–water partition coefficient (Wildman–Crippen LogP) is 2.99. The third-order valence-corrected chi connectivity index (χ3v) is 8.35. The van der Waals surface area contributed by atoms with Gasteiger partial charge in [-0.05, 0) is 25.0 Å². The van der Waals surface area contributed by atoms with E-state index < -0.39 is 15.9 Å². The van der Waals surface area contributed by atoms with Crippen LogP contribution < -0.4 is 4.74 Å². The Morgan fingerprint density at radius 2 is 1.81 bits per heavy atom. The van der Waals surface area contributed by atoms with Crippen molar-refractivity contribution < 1.29 is 21.9 Å². The van der Waals surface area contributed by atoms with Gasteiger partial charge in [0.1, 0.15) is 6.10 Å². The molecule has 32 heavy (non-hydrogen) atoms. The number of ether oxygens (including phenoxy) is 1. The molecule has 2 saturated heterocycles. The van der Waals surface area contributed by atoms with Crippen LogP contribution in [0.2, 0.25) is 0 Å². The topological polar surface area (TPSA) is 75.6 Å². The van der Waals surface area contributed by atoms with E-state index in [1.165, 1.54) is 41.4 Å². The molecule has 0 unspecified atom stereocenters. The third kappa shape index (κ3) is 4.35. The van der Waals surface area contributed by atoms with E-state index in [2.05, 4.69) is 14.9 Å². The van der Waals surface area contributed by atoms with Crippen LogP contribution in [0.25, 0.3) is 0 Å². The molecule has 3 fully saturated rings. The first-order valence-electron chi connectivity index (χ1n) is 10.9. The largest absolute Gasteiger partial charge is 0.472 e. The van der Waals surface area contributed by atoms with Crippen molar-refractivity contribution in [2.24, 2.45) is 0 Å². The molecule has 1 aromatic carbocycles. The molecule has 3 heterocycles. The highest BCUT2D eigenvalue weighted by Crippen LogP contribution is 2.38. The van der Waals surface area contributed by atoms with Crippen molar-refractivity contribution >= 4 is 10.0 Å². The summed E-state index contributed by atoms with van der Waals surface area (Å²) in [6, 6.07) is 4.93. The SMILES string of the molecule is CC(F)(F)c1ccc(S(=O)(=O)N2CCN3C[C@H](Oc4cnc(C5CC5)cn4)C[C@H]3C2)cc1. The van der Waals surface area contributed by atoms with E-state index in [0.29, 0.717) is 44.4 Å². The average molecular weight is 465 g/mol. The van der Waals surface area contributed by atoms with Crippen LogP contribution in [-0.4, -0.2) is 65.9 Å². The van der Waals surface area contributed by atoms with Gasteiger partial charge >= 0.3 is 0 Å². The quantitative estimate of drug-likeness (QED) is 0.654. The maximum atomic E-state index is 13.4. The van der Waals surface area contributed by atoms with Crippen molar-refractivity contribution in [2.45, 2.75) is 55.1 Å². The highest BCUT2D eigenvalue weighted by molar-refractivity contribution is 7.89. The van der Waals surface area contributed by atoms with Gasteiger partial charge in [-0.25, -0.2) is 22.2 Å². The molecule has 1 aliphatic carbocycles. The van der Waals surface area contributed by atoms with Crippen LogP contribution in [0, 0.1) is 0 Å². The number of benzene rings is 1. The molecule has 2 aliphatic heterocycles. The number of fused-ring (bicyclic) bond motifs is 1. The van der Waals surface area contributed by atoms with Gasteiger partial charge < -0.3 is 4.74 Å². The summed E-state index contributed by atoms with van der Waals surface area (Å²) in [6.07, 6.45) is 6.41. The first kappa shape index (κ1) is 21.7. The van der Waals surface area contributed by atoms with E-state index in [1.807, 2.05) is 0 Å². The van der Waals surface area contributed by atoms with Gasteiger partial charge in [-0.2, -0.15) is 4.31 Å². The van der Waals surface area contributed by atoms with Crippen LogP contribution in [0.15, 0.2) is 41.6 Å². The monoisotopic (exact) mass is 464 g/mol. The van der Waals surface area contributed by atoms with Gasteiger partial charge in [0.05, 0.1) is 23.0 Å². The van der Waals surface area contributed by atoms with Gasteiger partial charge in [0.2, 0.25) is 15.9 Å². The predicted molar refractivity (Wildman–Crippen MR) is 113 cm³/mol. The summed E-state index contributed by atoms with van der Waals surface area (Å²) in [7, 11) is -3.75. The summed E-state index contributed by atoms with van der Waals surface area (Å²) < 4.78 is 60.5. The first-order valence-corrected chi connectivity index (χ1v) is 12.4. The fourth-order valence-corrected chi connectivity index (χ4v) is 5.96. The minimum Gasteiger partial charge on any atom is -0.472 e. The first-order chi connectivity index (χ1) is 15.2. The van der Waals surface area contributed by atoms with Crippen LogP contribution in [0.5, 0.6) is 5.88 Å². The van der Waals surface area contributed by atoms with Crippen molar-refractivity contribution in [3.63, 3.8) is 0 Å². The Hall–Kier alpha value is -2.17. The molecule has 1 aromatic heterocycles. The van der Waals surface area contributed by atoms with Crippen LogP contribution >= 0.6 is 0 Å². The van der Waals surface area contributed by atoms with Crippen molar-refractivity contribution in [1.29, 1.82) is 0 Å². The molecule has 0 amide bonds. The highest BCUT2D eigenvalue weighted by Gasteiger charge is 2.41. The van der Waals surface area contributed by atoms with E-state index in [1.54, 1.807) is 12.4 Å². The Labute approximate surface area is 186 Å². The number of alkyl halides is 2. The average Bonchev–Trinajstić information content (AvgIpc) is 3.53. The zero-order valence-corrected chi connectivity index (χ0v) is 18.6. The van der Waals surface area contributed by atoms with Gasteiger partial charge in [0, 0.05) is 57.0 Å². The minimum atomic E-state index is -3.75. The van der Waals surface area contributed by atoms with Crippen molar-refractivity contribution in [3.05, 3.63) is 47.9 Å². The zero-order valence-electron chi connectivity index (χ0n) is 17.8. The lowest BCUT2D eigenvalue weighted by molar-refractivity contribution is 0.0174. The second-order valence-corrected chi connectivity index (χ2v) is 10.9. The summed E-state index contributed by atoms with van der Waals surface area (Å²) >= 11 is 0. The van der Waals surface area contributed by atoms with Crippen molar-refractivity contribution in [2.75, 3.05) is 26.2 Å². The number of hydrogen-bond donors (Lipinski definition) is 0. The van der Waals surface area contributed by atoms with Gasteiger partial charge in [0.25, 0.3) is 5.92 Å². The van der Waals surface area contributed by atoms with Crippen LogP contribution in [0.1, 0.15) is 43.4 Å². The zero-order chi connectivity index (χ0) is 22.5. The molecule has 1 saturated carbocycles. The van der Waals surface area contributed by atoms with E-state index in [4.69, 9.17) is 4.74 Å². The van der Waals surface area contributed by atoms with Crippen LogP contribution in [0.3, 0.4) is 0 Å². The minimum absolute atomic E-state index is 0.0378. The van der Waals surface area contributed by atoms with E-state index in [-0.39, 0.29) is 22.6 Å². The Morgan fingerprint density at radius 1 is 1.06 bits per heavy atom.